The normalized spacial score (nSPS) is 16.2. The van der Waals surface area contributed by atoms with Gasteiger partial charge in [-0.25, -0.2) is 4.39 Å². The maximum atomic E-state index is 13.3. The van der Waals surface area contributed by atoms with Crippen LogP contribution < -0.4 is 5.73 Å². The van der Waals surface area contributed by atoms with E-state index in [2.05, 4.69) is 5.73 Å². The average molecular weight is 401 g/mol. The molecule has 0 bridgehead atoms. The molecule has 25 heavy (non-hydrogen) atoms. The molecule has 0 aliphatic rings. The third-order valence-electron chi connectivity index (χ3n) is 3.29. The van der Waals surface area contributed by atoms with Crippen LogP contribution in [0, 0.1) is 0 Å². The van der Waals surface area contributed by atoms with Crippen molar-refractivity contribution in [1.82, 2.24) is 0 Å². The molecular weight excluding hydrogens is 386 g/mol. The van der Waals surface area contributed by atoms with Gasteiger partial charge in [0, 0.05) is 6.42 Å². The number of alkyl halides is 12. The van der Waals surface area contributed by atoms with E-state index in [9.17, 15) is 52.7 Å². The summed E-state index contributed by atoms with van der Waals surface area (Å²) in [5.74, 6) is -19.7. The first kappa shape index (κ1) is 24.1. The zero-order valence-corrected chi connectivity index (χ0v) is 12.4. The molecule has 0 aliphatic carbocycles. The van der Waals surface area contributed by atoms with Gasteiger partial charge in [-0.15, -0.1) is 0 Å². The second-order valence-electron chi connectivity index (χ2n) is 5.43. The predicted octanol–water partition coefficient (Wildman–Crippen LogP) is 5.68. The summed E-state index contributed by atoms with van der Waals surface area (Å²) in [6.07, 6.45) is -12.5. The highest BCUT2D eigenvalue weighted by molar-refractivity contribution is 5.04. The number of hydrogen-bond acceptors (Lipinski definition) is 1. The Morgan fingerprint density at radius 2 is 1.08 bits per heavy atom. The fraction of sp³-hybridized carbons (Fsp3) is 1.00. The first-order chi connectivity index (χ1) is 10.9. The van der Waals surface area contributed by atoms with Crippen LogP contribution in [0.1, 0.15) is 38.5 Å². The van der Waals surface area contributed by atoms with Crippen LogP contribution in [-0.2, 0) is 0 Å². The van der Waals surface area contributed by atoms with Gasteiger partial charge in [0.25, 0.3) is 0 Å². The van der Waals surface area contributed by atoms with E-state index >= 15 is 0 Å². The van der Waals surface area contributed by atoms with Crippen LogP contribution >= 0.6 is 0 Å². The highest BCUT2D eigenvalue weighted by Crippen LogP contribution is 2.53. The van der Waals surface area contributed by atoms with E-state index < -0.39 is 61.8 Å². The molecule has 0 spiro atoms. The second-order valence-corrected chi connectivity index (χ2v) is 5.43. The fourth-order valence-corrected chi connectivity index (χ4v) is 1.80. The molecule has 1 nitrogen and oxygen atoms in total. The quantitative estimate of drug-likeness (QED) is 0.284. The van der Waals surface area contributed by atoms with Crippen LogP contribution in [0.15, 0.2) is 0 Å². The summed E-state index contributed by atoms with van der Waals surface area (Å²) in [6.45, 7) is 0. The molecule has 0 aromatic carbocycles. The molecule has 0 aromatic heterocycles. The van der Waals surface area contributed by atoms with Crippen LogP contribution in [0.5, 0.6) is 0 Å². The maximum absolute atomic E-state index is 13.3. The summed E-state index contributed by atoms with van der Waals surface area (Å²) in [5.41, 5.74) is 3.48. The molecule has 2 N–H and O–H groups in total. The summed E-state index contributed by atoms with van der Waals surface area (Å²) < 4.78 is 151. The molecule has 0 aliphatic heterocycles. The lowest BCUT2D eigenvalue weighted by molar-refractivity contribution is -0.374. The second kappa shape index (κ2) is 7.78. The lowest BCUT2D eigenvalue weighted by Crippen LogP contribution is -2.67. The molecule has 0 rings (SSSR count). The van der Waals surface area contributed by atoms with E-state index in [1.165, 1.54) is 0 Å². The van der Waals surface area contributed by atoms with Gasteiger partial charge in [0.2, 0.25) is 0 Å². The van der Waals surface area contributed by atoms with Gasteiger partial charge in [0.05, 0.1) is 0 Å². The molecule has 13 heteroatoms. The van der Waals surface area contributed by atoms with Crippen molar-refractivity contribution in [3.05, 3.63) is 0 Å². The monoisotopic (exact) mass is 401 g/mol. The van der Waals surface area contributed by atoms with E-state index in [-0.39, 0.29) is 12.8 Å². The van der Waals surface area contributed by atoms with Gasteiger partial charge in [-0.2, -0.15) is 48.3 Å². The molecular formula is C12H15F12N. The minimum absolute atomic E-state index is 0.203. The molecule has 0 saturated heterocycles. The van der Waals surface area contributed by atoms with Crippen molar-refractivity contribution in [2.45, 2.75) is 74.7 Å². The minimum atomic E-state index is -6.78. The Balaban J connectivity index is 4.71. The molecule has 1 atom stereocenters. The lowest BCUT2D eigenvalue weighted by atomic mass is 9.95. The lowest BCUT2D eigenvalue weighted by Gasteiger charge is -2.36. The average Bonchev–Trinajstić information content (AvgIpc) is 2.39. The third kappa shape index (κ3) is 5.81. The summed E-state index contributed by atoms with van der Waals surface area (Å²) in [6, 6.07) is -6.03. The minimum Gasteiger partial charge on any atom is -0.267 e. The number of hydrogen-bond donors (Lipinski definition) is 1. The zero-order valence-electron chi connectivity index (χ0n) is 12.4. The third-order valence-corrected chi connectivity index (χ3v) is 3.29. The predicted molar refractivity (Wildman–Crippen MR) is 62.6 cm³/mol. The smallest absolute Gasteiger partial charge is 0.267 e. The molecule has 0 aromatic rings. The molecule has 0 saturated carbocycles. The van der Waals surface area contributed by atoms with Gasteiger partial charge >= 0.3 is 30.0 Å². The van der Waals surface area contributed by atoms with Crippen molar-refractivity contribution in [3.63, 3.8) is 0 Å². The summed E-state index contributed by atoms with van der Waals surface area (Å²) >= 11 is 0. The van der Waals surface area contributed by atoms with Crippen LogP contribution in [0.2, 0.25) is 0 Å². The van der Waals surface area contributed by atoms with Crippen LogP contribution in [0.3, 0.4) is 0 Å². The van der Waals surface area contributed by atoms with Crippen molar-refractivity contribution in [1.29, 1.82) is 0 Å². The van der Waals surface area contributed by atoms with Crippen molar-refractivity contribution >= 4 is 0 Å². The molecule has 0 heterocycles. The highest BCUT2D eigenvalue weighted by Gasteiger charge is 2.81. The molecule has 0 fully saturated rings. The largest absolute Gasteiger partial charge is 0.392 e. The summed E-state index contributed by atoms with van der Waals surface area (Å²) in [4.78, 5) is 0. The van der Waals surface area contributed by atoms with E-state index in [1.54, 1.807) is 0 Å². The van der Waals surface area contributed by atoms with Gasteiger partial charge in [-0.05, 0) is 12.8 Å². The van der Waals surface area contributed by atoms with Crippen molar-refractivity contribution in [2.24, 2.45) is 5.73 Å². The van der Waals surface area contributed by atoms with Gasteiger partial charge in [0.15, 0.2) is 6.17 Å². The van der Waals surface area contributed by atoms with E-state index in [4.69, 9.17) is 0 Å². The first-order valence-electron chi connectivity index (χ1n) is 6.89. The van der Waals surface area contributed by atoms with Crippen LogP contribution in [-0.4, -0.2) is 36.2 Å². The SMILES string of the molecule is NC(F)(F)C(F)(F)C(F)(F)C(F)(F)C(F)CCCCCCC(F)(F)F. The Hall–Kier alpha value is -0.880. The Bertz CT molecular complexity index is 411. The Labute approximate surface area is 134 Å². The van der Waals surface area contributed by atoms with E-state index in [1.807, 2.05) is 0 Å². The van der Waals surface area contributed by atoms with Gasteiger partial charge < -0.3 is 0 Å². The molecule has 0 radical (unpaired) electrons. The van der Waals surface area contributed by atoms with Crippen molar-refractivity contribution < 1.29 is 52.7 Å². The topological polar surface area (TPSA) is 26.0 Å². The summed E-state index contributed by atoms with van der Waals surface area (Å²) in [5, 5.41) is 0. The Morgan fingerprint density at radius 3 is 1.48 bits per heavy atom. The molecule has 1 unspecified atom stereocenters. The zero-order chi connectivity index (χ0) is 20.3. The first-order valence-corrected chi connectivity index (χ1v) is 6.89. The number of unbranched alkanes of at least 4 members (excludes halogenated alkanes) is 3. The number of rotatable bonds is 10. The van der Waals surface area contributed by atoms with Crippen molar-refractivity contribution in [2.75, 3.05) is 0 Å². The fourth-order valence-electron chi connectivity index (χ4n) is 1.80. The van der Waals surface area contributed by atoms with Gasteiger partial charge in [0.1, 0.15) is 0 Å². The van der Waals surface area contributed by atoms with Crippen molar-refractivity contribution in [3.8, 4) is 0 Å². The molecule has 152 valence electrons. The molecule has 0 amide bonds. The highest BCUT2D eigenvalue weighted by atomic mass is 19.4. The Kier molecular flexibility index (Phi) is 7.51. The standard InChI is InChI=1S/C12H15F12N/c13-7(5-3-1-2-4-6-8(14,15)16)9(17,18)10(19,20)11(21,22)12(23,24)25/h7H,1-6,25H2. The van der Waals surface area contributed by atoms with Crippen LogP contribution in [0.25, 0.3) is 0 Å². The maximum Gasteiger partial charge on any atom is 0.392 e. The Morgan fingerprint density at radius 1 is 0.640 bits per heavy atom. The number of nitrogens with two attached hydrogens (primary N) is 1. The number of halogens is 12. The van der Waals surface area contributed by atoms with E-state index in [0.29, 0.717) is 0 Å². The van der Waals surface area contributed by atoms with Gasteiger partial charge in [-0.1, -0.05) is 19.3 Å². The van der Waals surface area contributed by atoms with Gasteiger partial charge in [-0.3, -0.25) is 5.73 Å². The van der Waals surface area contributed by atoms with Crippen LogP contribution in [0.4, 0.5) is 52.7 Å². The van der Waals surface area contributed by atoms with E-state index in [0.717, 1.165) is 0 Å². The summed E-state index contributed by atoms with van der Waals surface area (Å²) in [7, 11) is 0.